The third-order valence-corrected chi connectivity index (χ3v) is 3.39. The van der Waals surface area contributed by atoms with Crippen LogP contribution >= 0.6 is 0 Å². The molecule has 110 valence electrons. The lowest BCUT2D eigenvalue weighted by Crippen LogP contribution is -2.32. The summed E-state index contributed by atoms with van der Waals surface area (Å²) in [6.07, 6.45) is 3.46. The van der Waals surface area contributed by atoms with Crippen LogP contribution in [0.3, 0.4) is 0 Å². The largest absolute Gasteiger partial charge is 0.327 e. The van der Waals surface area contributed by atoms with Crippen molar-refractivity contribution in [1.29, 1.82) is 0 Å². The smallest absolute Gasteiger partial charge is 0.138 e. The zero-order valence-corrected chi connectivity index (χ0v) is 12.8. The van der Waals surface area contributed by atoms with Crippen molar-refractivity contribution >= 4 is 0 Å². The monoisotopic (exact) mass is 267 g/mol. The predicted octanol–water partition coefficient (Wildman–Crippen LogP) is 1.54. The Morgan fingerprint density at radius 3 is 2.58 bits per heavy atom. The van der Waals surface area contributed by atoms with E-state index in [1.165, 1.54) is 0 Å². The van der Waals surface area contributed by atoms with Crippen LogP contribution in [-0.4, -0.2) is 45.3 Å². The van der Waals surface area contributed by atoms with Gasteiger partial charge in [-0.3, -0.25) is 0 Å². The minimum Gasteiger partial charge on any atom is -0.327 e. The lowest BCUT2D eigenvalue weighted by molar-refractivity contribution is 0.288. The lowest BCUT2D eigenvalue weighted by Gasteiger charge is -2.20. The average molecular weight is 267 g/mol. The molecule has 19 heavy (non-hydrogen) atoms. The molecule has 1 aromatic heterocycles. The summed E-state index contributed by atoms with van der Waals surface area (Å²) in [6, 6.07) is 0.163. The SMILES string of the molecule is CCN(CC)CCC(N)Cc1ncnn1CC(C)C. The van der Waals surface area contributed by atoms with E-state index in [9.17, 15) is 0 Å². The highest BCUT2D eigenvalue weighted by atomic mass is 15.3. The molecule has 2 N–H and O–H groups in total. The van der Waals surface area contributed by atoms with Gasteiger partial charge in [-0.15, -0.1) is 0 Å². The standard InChI is InChI=1S/C14H29N5/c1-5-18(6-2)8-7-13(15)9-14-16-11-17-19(14)10-12(3)4/h11-13H,5-10,15H2,1-4H3. The molecule has 0 aliphatic carbocycles. The second kappa shape index (κ2) is 8.27. The maximum atomic E-state index is 6.21. The number of hydrogen-bond acceptors (Lipinski definition) is 4. The number of aromatic nitrogens is 3. The Morgan fingerprint density at radius 1 is 1.32 bits per heavy atom. The topological polar surface area (TPSA) is 60.0 Å². The van der Waals surface area contributed by atoms with E-state index in [0.717, 1.165) is 44.8 Å². The summed E-state index contributed by atoms with van der Waals surface area (Å²) in [5.74, 6) is 1.59. The first-order valence-corrected chi connectivity index (χ1v) is 7.41. The van der Waals surface area contributed by atoms with Crippen LogP contribution in [0.4, 0.5) is 0 Å². The van der Waals surface area contributed by atoms with Gasteiger partial charge in [0, 0.05) is 19.0 Å². The van der Waals surface area contributed by atoms with Crippen LogP contribution in [0.15, 0.2) is 6.33 Å². The molecule has 0 aromatic carbocycles. The van der Waals surface area contributed by atoms with Crippen LogP contribution < -0.4 is 5.73 Å². The van der Waals surface area contributed by atoms with Crippen molar-refractivity contribution in [2.75, 3.05) is 19.6 Å². The molecule has 1 heterocycles. The van der Waals surface area contributed by atoms with Gasteiger partial charge in [0.1, 0.15) is 12.2 Å². The second-order valence-corrected chi connectivity index (χ2v) is 5.53. The lowest BCUT2D eigenvalue weighted by atomic mass is 10.1. The predicted molar refractivity (Wildman–Crippen MR) is 78.9 cm³/mol. The van der Waals surface area contributed by atoms with Crippen LogP contribution in [-0.2, 0) is 13.0 Å². The Morgan fingerprint density at radius 2 is 2.00 bits per heavy atom. The fraction of sp³-hybridized carbons (Fsp3) is 0.857. The van der Waals surface area contributed by atoms with Crippen molar-refractivity contribution in [3.8, 4) is 0 Å². The van der Waals surface area contributed by atoms with Gasteiger partial charge < -0.3 is 10.6 Å². The highest BCUT2D eigenvalue weighted by Gasteiger charge is 2.12. The summed E-state index contributed by atoms with van der Waals surface area (Å²) < 4.78 is 1.99. The molecule has 0 aliphatic rings. The average Bonchev–Trinajstić information content (AvgIpc) is 2.77. The van der Waals surface area contributed by atoms with Gasteiger partial charge in [0.05, 0.1) is 0 Å². The summed E-state index contributed by atoms with van der Waals surface area (Å²) >= 11 is 0. The van der Waals surface area contributed by atoms with Crippen molar-refractivity contribution in [2.45, 2.75) is 53.1 Å². The van der Waals surface area contributed by atoms with Crippen LogP contribution in [0, 0.1) is 5.92 Å². The van der Waals surface area contributed by atoms with Gasteiger partial charge in [-0.25, -0.2) is 9.67 Å². The summed E-state index contributed by atoms with van der Waals surface area (Å²) in [6.45, 7) is 12.9. The zero-order chi connectivity index (χ0) is 14.3. The first kappa shape index (κ1) is 16.1. The zero-order valence-electron chi connectivity index (χ0n) is 12.8. The summed E-state index contributed by atoms with van der Waals surface area (Å²) in [7, 11) is 0. The molecule has 0 saturated heterocycles. The Labute approximate surface area is 117 Å². The maximum absolute atomic E-state index is 6.21. The fourth-order valence-corrected chi connectivity index (χ4v) is 2.17. The Kier molecular flexibility index (Phi) is 7.02. The van der Waals surface area contributed by atoms with E-state index in [1.807, 2.05) is 4.68 Å². The molecule has 0 aliphatic heterocycles. The molecule has 5 heteroatoms. The van der Waals surface area contributed by atoms with Gasteiger partial charge in [-0.05, 0) is 32.0 Å². The first-order chi connectivity index (χ1) is 9.06. The molecule has 0 spiro atoms. The minimum absolute atomic E-state index is 0.163. The van der Waals surface area contributed by atoms with Gasteiger partial charge in [-0.1, -0.05) is 27.7 Å². The Bertz CT molecular complexity index is 343. The molecule has 0 saturated carbocycles. The molecule has 1 atom stereocenters. The molecule has 0 amide bonds. The van der Waals surface area contributed by atoms with Crippen LogP contribution in [0.1, 0.15) is 39.9 Å². The van der Waals surface area contributed by atoms with Gasteiger partial charge in [0.15, 0.2) is 0 Å². The fourth-order valence-electron chi connectivity index (χ4n) is 2.17. The third kappa shape index (κ3) is 5.70. The van der Waals surface area contributed by atoms with Crippen molar-refractivity contribution < 1.29 is 0 Å². The van der Waals surface area contributed by atoms with E-state index in [1.54, 1.807) is 6.33 Å². The Balaban J connectivity index is 2.43. The molecular formula is C14H29N5. The van der Waals surface area contributed by atoms with E-state index >= 15 is 0 Å². The van der Waals surface area contributed by atoms with Crippen molar-refractivity contribution in [2.24, 2.45) is 11.7 Å². The molecule has 5 nitrogen and oxygen atoms in total. The van der Waals surface area contributed by atoms with E-state index in [2.05, 4.69) is 42.7 Å². The van der Waals surface area contributed by atoms with Crippen molar-refractivity contribution in [1.82, 2.24) is 19.7 Å². The van der Waals surface area contributed by atoms with E-state index in [-0.39, 0.29) is 6.04 Å². The summed E-state index contributed by atoms with van der Waals surface area (Å²) in [5, 5.41) is 4.28. The number of rotatable bonds is 9. The van der Waals surface area contributed by atoms with Crippen LogP contribution in [0.25, 0.3) is 0 Å². The van der Waals surface area contributed by atoms with Gasteiger partial charge in [0.2, 0.25) is 0 Å². The van der Waals surface area contributed by atoms with Gasteiger partial charge >= 0.3 is 0 Å². The molecular weight excluding hydrogens is 238 g/mol. The van der Waals surface area contributed by atoms with Crippen LogP contribution in [0.5, 0.6) is 0 Å². The highest BCUT2D eigenvalue weighted by molar-refractivity contribution is 4.89. The van der Waals surface area contributed by atoms with Gasteiger partial charge in [0.25, 0.3) is 0 Å². The summed E-state index contributed by atoms with van der Waals surface area (Å²) in [4.78, 5) is 6.74. The second-order valence-electron chi connectivity index (χ2n) is 5.53. The Hall–Kier alpha value is -0.940. The first-order valence-electron chi connectivity index (χ1n) is 7.41. The van der Waals surface area contributed by atoms with E-state index in [0.29, 0.717) is 5.92 Å². The number of nitrogens with two attached hydrogens (primary N) is 1. The van der Waals surface area contributed by atoms with Crippen molar-refractivity contribution in [3.63, 3.8) is 0 Å². The molecule has 0 fully saturated rings. The normalized spacial score (nSPS) is 13.4. The summed E-state index contributed by atoms with van der Waals surface area (Å²) in [5.41, 5.74) is 6.21. The molecule has 1 unspecified atom stereocenters. The number of hydrogen-bond donors (Lipinski definition) is 1. The van der Waals surface area contributed by atoms with E-state index in [4.69, 9.17) is 5.73 Å². The minimum atomic E-state index is 0.163. The molecule has 1 rings (SSSR count). The van der Waals surface area contributed by atoms with E-state index < -0.39 is 0 Å². The maximum Gasteiger partial charge on any atom is 0.138 e. The quantitative estimate of drug-likeness (QED) is 0.737. The van der Waals surface area contributed by atoms with Crippen LogP contribution in [0.2, 0.25) is 0 Å². The molecule has 0 bridgehead atoms. The highest BCUT2D eigenvalue weighted by Crippen LogP contribution is 2.05. The molecule has 1 aromatic rings. The van der Waals surface area contributed by atoms with Gasteiger partial charge in [-0.2, -0.15) is 5.10 Å². The van der Waals surface area contributed by atoms with Crippen molar-refractivity contribution in [3.05, 3.63) is 12.2 Å². The molecule has 0 radical (unpaired) electrons. The third-order valence-electron chi connectivity index (χ3n) is 3.39. The number of nitrogens with zero attached hydrogens (tertiary/aromatic N) is 4.